The summed E-state index contributed by atoms with van der Waals surface area (Å²) in [5, 5.41) is 0. The molecule has 1 unspecified atom stereocenters. The van der Waals surface area contributed by atoms with E-state index < -0.39 is 6.10 Å². The van der Waals surface area contributed by atoms with Gasteiger partial charge in [-0.3, -0.25) is 14.4 Å². The number of carbonyl (C=O) groups is 3. The van der Waals surface area contributed by atoms with Crippen molar-refractivity contribution in [2.75, 3.05) is 13.2 Å². The zero-order valence-corrected chi connectivity index (χ0v) is 51.9. The van der Waals surface area contributed by atoms with Gasteiger partial charge in [-0.05, 0) is 70.6 Å². The Labute approximate surface area is 484 Å². The molecule has 0 fully saturated rings. The molecule has 452 valence electrons. The van der Waals surface area contributed by atoms with Crippen LogP contribution in [0.1, 0.15) is 348 Å². The van der Waals surface area contributed by atoms with Crippen LogP contribution in [0.3, 0.4) is 0 Å². The SMILES string of the molecule is CC/C=C\C/C=C\C/C=C\C/C=C\C/C=C\C/C=C\CCCCCCCCCCCCC(=O)OCC(COC(=O)CCCCCCCCCCCCC)OC(=O)CCCCCCCCCCCCCCCCCCCCCC. The van der Waals surface area contributed by atoms with Gasteiger partial charge >= 0.3 is 17.9 Å². The zero-order valence-electron chi connectivity index (χ0n) is 51.9. The van der Waals surface area contributed by atoms with Crippen molar-refractivity contribution in [1.82, 2.24) is 0 Å². The second kappa shape index (κ2) is 66.4. The fourth-order valence-corrected chi connectivity index (χ4v) is 9.92. The van der Waals surface area contributed by atoms with E-state index in [0.29, 0.717) is 19.3 Å². The van der Waals surface area contributed by atoms with Gasteiger partial charge in [-0.2, -0.15) is 0 Å². The van der Waals surface area contributed by atoms with Crippen LogP contribution >= 0.6 is 0 Å². The van der Waals surface area contributed by atoms with E-state index in [-0.39, 0.29) is 31.1 Å². The predicted octanol–water partition coefficient (Wildman–Crippen LogP) is 23.3. The molecule has 6 heteroatoms. The van der Waals surface area contributed by atoms with E-state index in [1.807, 2.05) is 0 Å². The Hall–Kier alpha value is -3.15. The van der Waals surface area contributed by atoms with E-state index in [1.165, 1.54) is 212 Å². The van der Waals surface area contributed by atoms with E-state index in [4.69, 9.17) is 14.2 Å². The summed E-state index contributed by atoms with van der Waals surface area (Å²) in [6.45, 7) is 6.57. The summed E-state index contributed by atoms with van der Waals surface area (Å²) in [5.74, 6) is -0.855. The summed E-state index contributed by atoms with van der Waals surface area (Å²) in [7, 11) is 0. The van der Waals surface area contributed by atoms with Crippen molar-refractivity contribution in [3.8, 4) is 0 Å². The lowest BCUT2D eigenvalue weighted by molar-refractivity contribution is -0.167. The lowest BCUT2D eigenvalue weighted by Crippen LogP contribution is -2.30. The van der Waals surface area contributed by atoms with Crippen molar-refractivity contribution in [3.63, 3.8) is 0 Å². The van der Waals surface area contributed by atoms with E-state index in [2.05, 4.69) is 93.7 Å². The number of unbranched alkanes of at least 4 members (excludes halogenated alkanes) is 39. The highest BCUT2D eigenvalue weighted by atomic mass is 16.6. The quantitative estimate of drug-likeness (QED) is 0.0261. The van der Waals surface area contributed by atoms with Crippen molar-refractivity contribution < 1.29 is 28.6 Å². The molecule has 0 saturated carbocycles. The number of ether oxygens (including phenoxy) is 3. The first-order chi connectivity index (χ1) is 38.5. The first-order valence-electron chi connectivity index (χ1n) is 33.9. The van der Waals surface area contributed by atoms with E-state index in [0.717, 1.165) is 96.3 Å². The van der Waals surface area contributed by atoms with Crippen LogP contribution in [0.2, 0.25) is 0 Å². The molecule has 0 radical (unpaired) electrons. The van der Waals surface area contributed by atoms with E-state index in [1.54, 1.807) is 0 Å². The van der Waals surface area contributed by atoms with Gasteiger partial charge in [0.05, 0.1) is 0 Å². The Bertz CT molecular complexity index is 1440. The minimum atomic E-state index is -0.774. The van der Waals surface area contributed by atoms with Crippen LogP contribution < -0.4 is 0 Å². The van der Waals surface area contributed by atoms with E-state index in [9.17, 15) is 14.4 Å². The molecule has 0 aliphatic heterocycles. The average molecular weight is 1090 g/mol. The molecule has 0 heterocycles. The summed E-state index contributed by atoms with van der Waals surface area (Å²) in [6, 6.07) is 0. The molecule has 0 rings (SSSR count). The molecule has 0 aromatic rings. The Morgan fingerprint density at radius 2 is 0.500 bits per heavy atom. The van der Waals surface area contributed by atoms with Gasteiger partial charge in [-0.25, -0.2) is 0 Å². The largest absolute Gasteiger partial charge is 0.462 e. The third kappa shape index (κ3) is 63.7. The maximum atomic E-state index is 12.9. The van der Waals surface area contributed by atoms with Crippen LogP contribution in [-0.4, -0.2) is 37.2 Å². The molecule has 0 spiro atoms. The molecule has 0 aliphatic carbocycles. The van der Waals surface area contributed by atoms with Crippen molar-refractivity contribution in [1.29, 1.82) is 0 Å². The minimum Gasteiger partial charge on any atom is -0.462 e. The number of allylic oxidation sites excluding steroid dienone is 12. The van der Waals surface area contributed by atoms with Crippen molar-refractivity contribution >= 4 is 17.9 Å². The molecule has 0 aromatic carbocycles. The topological polar surface area (TPSA) is 78.9 Å². The van der Waals surface area contributed by atoms with Crippen LogP contribution in [0, 0.1) is 0 Å². The number of carbonyl (C=O) groups excluding carboxylic acids is 3. The summed E-state index contributed by atoms with van der Waals surface area (Å²) in [4.78, 5) is 38.3. The van der Waals surface area contributed by atoms with Crippen LogP contribution in [0.5, 0.6) is 0 Å². The Balaban J connectivity index is 4.22. The summed E-state index contributed by atoms with van der Waals surface area (Å²) < 4.78 is 16.9. The third-order valence-electron chi connectivity index (χ3n) is 15.0. The molecule has 6 nitrogen and oxygen atoms in total. The van der Waals surface area contributed by atoms with Gasteiger partial charge in [-0.1, -0.05) is 331 Å². The third-order valence-corrected chi connectivity index (χ3v) is 15.0. The molecular formula is C72H128O6. The normalized spacial score (nSPS) is 12.5. The average Bonchev–Trinajstić information content (AvgIpc) is 3.44. The number of hydrogen-bond acceptors (Lipinski definition) is 6. The first-order valence-corrected chi connectivity index (χ1v) is 33.9. The van der Waals surface area contributed by atoms with Crippen LogP contribution in [0.15, 0.2) is 72.9 Å². The van der Waals surface area contributed by atoms with Crippen molar-refractivity contribution in [2.24, 2.45) is 0 Å². The van der Waals surface area contributed by atoms with Gasteiger partial charge in [-0.15, -0.1) is 0 Å². The van der Waals surface area contributed by atoms with Gasteiger partial charge in [0.25, 0.3) is 0 Å². The summed E-state index contributed by atoms with van der Waals surface area (Å²) in [6.07, 6.45) is 86.4. The fraction of sp³-hybridized carbons (Fsp3) is 0.792. The lowest BCUT2D eigenvalue weighted by atomic mass is 10.0. The standard InChI is InChI=1S/C72H128O6/c1-4-7-10-13-16-19-22-24-26-28-30-32-33-34-35-36-37-38-39-40-42-43-45-47-50-53-56-59-62-65-71(74)77-68-69(67-76-70(73)64-61-58-55-52-49-21-18-15-12-9-6-3)78-72(75)66-63-60-57-54-51-48-46-44-41-31-29-27-25-23-20-17-14-11-8-5-2/h7,10,16,19,24,26,30,32,34-35,37-38,69H,4-6,8-9,11-15,17-18,20-23,25,27-29,31,33,36,39-68H2,1-3H3/b10-7-,19-16-,26-24-,32-30-,35-34-,38-37-. The molecule has 78 heavy (non-hydrogen) atoms. The molecule has 0 aromatic heterocycles. The molecular weight excluding hydrogens is 961 g/mol. The summed E-state index contributed by atoms with van der Waals surface area (Å²) in [5.41, 5.74) is 0. The zero-order chi connectivity index (χ0) is 56.4. The molecule has 0 N–H and O–H groups in total. The highest BCUT2D eigenvalue weighted by molar-refractivity contribution is 5.71. The number of hydrogen-bond donors (Lipinski definition) is 0. The van der Waals surface area contributed by atoms with Crippen molar-refractivity contribution in [3.05, 3.63) is 72.9 Å². The second-order valence-corrected chi connectivity index (χ2v) is 22.7. The van der Waals surface area contributed by atoms with E-state index >= 15 is 0 Å². The van der Waals surface area contributed by atoms with Crippen LogP contribution in [0.25, 0.3) is 0 Å². The Morgan fingerprint density at radius 1 is 0.269 bits per heavy atom. The van der Waals surface area contributed by atoms with Gasteiger partial charge in [0, 0.05) is 19.3 Å². The maximum absolute atomic E-state index is 12.9. The molecule has 0 aliphatic rings. The second-order valence-electron chi connectivity index (χ2n) is 22.7. The molecule has 1 atom stereocenters. The smallest absolute Gasteiger partial charge is 0.306 e. The van der Waals surface area contributed by atoms with Crippen LogP contribution in [-0.2, 0) is 28.6 Å². The Kier molecular flexibility index (Phi) is 63.7. The highest BCUT2D eigenvalue weighted by Gasteiger charge is 2.19. The number of rotatable bonds is 62. The lowest BCUT2D eigenvalue weighted by Gasteiger charge is -2.18. The summed E-state index contributed by atoms with van der Waals surface area (Å²) >= 11 is 0. The monoisotopic (exact) mass is 1090 g/mol. The van der Waals surface area contributed by atoms with Gasteiger partial charge in [0.2, 0.25) is 0 Å². The van der Waals surface area contributed by atoms with Crippen molar-refractivity contribution in [2.45, 2.75) is 354 Å². The molecule has 0 amide bonds. The molecule has 0 saturated heterocycles. The van der Waals surface area contributed by atoms with Gasteiger partial charge in [0.1, 0.15) is 13.2 Å². The molecule has 0 bridgehead atoms. The predicted molar refractivity (Wildman–Crippen MR) is 339 cm³/mol. The Morgan fingerprint density at radius 3 is 0.782 bits per heavy atom. The van der Waals surface area contributed by atoms with Gasteiger partial charge in [0.15, 0.2) is 6.10 Å². The first kappa shape index (κ1) is 74.8. The van der Waals surface area contributed by atoms with Gasteiger partial charge < -0.3 is 14.2 Å². The highest BCUT2D eigenvalue weighted by Crippen LogP contribution is 2.18. The van der Waals surface area contributed by atoms with Crippen LogP contribution in [0.4, 0.5) is 0 Å². The fourth-order valence-electron chi connectivity index (χ4n) is 9.92. The maximum Gasteiger partial charge on any atom is 0.306 e. The minimum absolute atomic E-state index is 0.0708. The number of esters is 3.